The van der Waals surface area contributed by atoms with E-state index in [1.54, 1.807) is 0 Å². The number of carbonyl (C=O) groups excluding carboxylic acids is 3. The minimum absolute atomic E-state index is 0.138. The molecule has 100 valence electrons. The van der Waals surface area contributed by atoms with Gasteiger partial charge in [-0.2, -0.15) is 0 Å². The fraction of sp³-hybridized carbons (Fsp3) is 0.273. The first kappa shape index (κ1) is 13.3. The number of carbonyl (C=O) groups is 3. The van der Waals surface area contributed by atoms with Crippen LogP contribution in [0.5, 0.6) is 0 Å². The van der Waals surface area contributed by atoms with Gasteiger partial charge in [-0.15, -0.1) is 0 Å². The Morgan fingerprint density at radius 2 is 2.26 bits per heavy atom. The number of hydrogen-bond acceptors (Lipinski definition) is 5. The molecule has 0 aliphatic carbocycles. The van der Waals surface area contributed by atoms with Crippen LogP contribution in [0.25, 0.3) is 0 Å². The van der Waals surface area contributed by atoms with Crippen LogP contribution in [-0.4, -0.2) is 28.7 Å². The normalized spacial score (nSPS) is 18.9. The molecule has 0 spiro atoms. The van der Waals surface area contributed by atoms with Crippen molar-refractivity contribution in [3.05, 3.63) is 22.8 Å². The summed E-state index contributed by atoms with van der Waals surface area (Å²) in [6.45, 7) is 0. The molecular formula is C11H11ClN4O3. The summed E-state index contributed by atoms with van der Waals surface area (Å²) < 4.78 is 0. The molecule has 1 aromatic rings. The van der Waals surface area contributed by atoms with Gasteiger partial charge in [0.2, 0.25) is 11.8 Å². The quantitative estimate of drug-likeness (QED) is 0.653. The molecule has 0 radical (unpaired) electrons. The number of amides is 3. The predicted octanol–water partition coefficient (Wildman–Crippen LogP) is -0.148. The molecule has 8 heteroatoms. The maximum absolute atomic E-state index is 12.0. The Balaban J connectivity index is 2.11. The SMILES string of the molecule is Nc1cc(C(=O)NC2CCC(=O)NC2=O)c(Cl)cn1. The van der Waals surface area contributed by atoms with Gasteiger partial charge < -0.3 is 11.1 Å². The van der Waals surface area contributed by atoms with Crippen LogP contribution in [0.2, 0.25) is 5.02 Å². The van der Waals surface area contributed by atoms with Gasteiger partial charge in [-0.05, 0) is 12.5 Å². The van der Waals surface area contributed by atoms with Gasteiger partial charge in [0.15, 0.2) is 0 Å². The van der Waals surface area contributed by atoms with Crippen molar-refractivity contribution in [3.63, 3.8) is 0 Å². The lowest BCUT2D eigenvalue weighted by molar-refractivity contribution is -0.134. The maximum Gasteiger partial charge on any atom is 0.253 e. The second-order valence-corrected chi connectivity index (χ2v) is 4.47. The molecule has 4 N–H and O–H groups in total. The molecule has 2 rings (SSSR count). The van der Waals surface area contributed by atoms with Crippen LogP contribution in [0.4, 0.5) is 5.82 Å². The summed E-state index contributed by atoms with van der Waals surface area (Å²) >= 11 is 5.83. The molecule has 1 saturated heterocycles. The molecule has 0 bridgehead atoms. The standard InChI is InChI=1S/C11H11ClN4O3/c12-6-4-14-8(13)3-5(6)10(18)15-7-1-2-9(17)16-11(7)19/h3-4,7H,1-2H2,(H2,13,14)(H,15,18)(H,16,17,19). The van der Waals surface area contributed by atoms with E-state index < -0.39 is 17.9 Å². The van der Waals surface area contributed by atoms with E-state index in [2.05, 4.69) is 15.6 Å². The zero-order valence-corrected chi connectivity index (χ0v) is 10.5. The summed E-state index contributed by atoms with van der Waals surface area (Å²) in [6.07, 6.45) is 1.70. The van der Waals surface area contributed by atoms with Crippen LogP contribution in [0.15, 0.2) is 12.3 Å². The highest BCUT2D eigenvalue weighted by atomic mass is 35.5. The number of nitrogens with zero attached hydrogens (tertiary/aromatic N) is 1. The Morgan fingerprint density at radius 1 is 1.53 bits per heavy atom. The second-order valence-electron chi connectivity index (χ2n) is 4.07. The third kappa shape index (κ3) is 3.00. The number of pyridine rings is 1. The first-order valence-electron chi connectivity index (χ1n) is 5.53. The molecule has 3 amide bonds. The maximum atomic E-state index is 12.0. The van der Waals surface area contributed by atoms with Crippen molar-refractivity contribution in [2.75, 3.05) is 5.73 Å². The number of nitrogen functional groups attached to an aromatic ring is 1. The average molecular weight is 283 g/mol. The topological polar surface area (TPSA) is 114 Å². The van der Waals surface area contributed by atoms with Gasteiger partial charge in [-0.25, -0.2) is 4.98 Å². The Hall–Kier alpha value is -2.15. The molecule has 1 atom stereocenters. The minimum atomic E-state index is -0.754. The van der Waals surface area contributed by atoms with E-state index in [4.69, 9.17) is 17.3 Å². The number of rotatable bonds is 2. The summed E-state index contributed by atoms with van der Waals surface area (Å²) in [5, 5.41) is 4.79. The van der Waals surface area contributed by atoms with Gasteiger partial charge in [-0.1, -0.05) is 11.6 Å². The van der Waals surface area contributed by atoms with Crippen molar-refractivity contribution in [3.8, 4) is 0 Å². The van der Waals surface area contributed by atoms with Crippen LogP contribution in [0, 0.1) is 0 Å². The Bertz CT molecular complexity index is 561. The van der Waals surface area contributed by atoms with Gasteiger partial charge in [-0.3, -0.25) is 19.7 Å². The molecule has 1 fully saturated rings. The first-order valence-corrected chi connectivity index (χ1v) is 5.90. The molecule has 1 aliphatic heterocycles. The molecule has 2 heterocycles. The van der Waals surface area contributed by atoms with Crippen molar-refractivity contribution in [2.45, 2.75) is 18.9 Å². The fourth-order valence-corrected chi connectivity index (χ4v) is 1.89. The highest BCUT2D eigenvalue weighted by Gasteiger charge is 2.28. The summed E-state index contributed by atoms with van der Waals surface area (Å²) in [5.41, 5.74) is 5.61. The third-order valence-electron chi connectivity index (χ3n) is 2.67. The number of anilines is 1. The molecule has 19 heavy (non-hydrogen) atoms. The Morgan fingerprint density at radius 3 is 2.95 bits per heavy atom. The van der Waals surface area contributed by atoms with E-state index in [-0.39, 0.29) is 35.2 Å². The molecular weight excluding hydrogens is 272 g/mol. The van der Waals surface area contributed by atoms with E-state index in [0.29, 0.717) is 0 Å². The van der Waals surface area contributed by atoms with Crippen LogP contribution < -0.4 is 16.4 Å². The van der Waals surface area contributed by atoms with Crippen molar-refractivity contribution in [1.29, 1.82) is 0 Å². The summed E-state index contributed by atoms with van der Waals surface area (Å²) in [4.78, 5) is 38.2. The molecule has 7 nitrogen and oxygen atoms in total. The van der Waals surface area contributed by atoms with Crippen LogP contribution in [-0.2, 0) is 9.59 Å². The van der Waals surface area contributed by atoms with Crippen molar-refractivity contribution in [1.82, 2.24) is 15.6 Å². The summed E-state index contributed by atoms with van der Waals surface area (Å²) in [6, 6.07) is 0.569. The average Bonchev–Trinajstić information content (AvgIpc) is 2.35. The van der Waals surface area contributed by atoms with E-state index in [9.17, 15) is 14.4 Å². The zero-order valence-electron chi connectivity index (χ0n) is 9.77. The fourth-order valence-electron chi connectivity index (χ4n) is 1.70. The molecule has 1 unspecified atom stereocenters. The first-order chi connectivity index (χ1) is 8.97. The van der Waals surface area contributed by atoms with Crippen molar-refractivity contribution < 1.29 is 14.4 Å². The van der Waals surface area contributed by atoms with Gasteiger partial charge in [0, 0.05) is 12.6 Å². The number of halogens is 1. The van der Waals surface area contributed by atoms with Crippen molar-refractivity contribution >= 4 is 35.1 Å². The monoisotopic (exact) mass is 282 g/mol. The van der Waals surface area contributed by atoms with Crippen LogP contribution >= 0.6 is 11.6 Å². The summed E-state index contributed by atoms with van der Waals surface area (Å²) in [7, 11) is 0. The van der Waals surface area contributed by atoms with Crippen LogP contribution in [0.1, 0.15) is 23.2 Å². The summed E-state index contributed by atoms with van der Waals surface area (Å²) in [5.74, 6) is -1.25. The van der Waals surface area contributed by atoms with Gasteiger partial charge in [0.1, 0.15) is 11.9 Å². The number of piperidine rings is 1. The number of imide groups is 1. The number of nitrogens with one attached hydrogen (secondary N) is 2. The lowest BCUT2D eigenvalue weighted by atomic mass is 10.1. The third-order valence-corrected chi connectivity index (χ3v) is 2.97. The minimum Gasteiger partial charge on any atom is -0.384 e. The molecule has 1 aromatic heterocycles. The Kier molecular flexibility index (Phi) is 3.66. The van der Waals surface area contributed by atoms with Crippen molar-refractivity contribution in [2.24, 2.45) is 0 Å². The lowest BCUT2D eigenvalue weighted by Gasteiger charge is -2.21. The molecule has 0 saturated carbocycles. The highest BCUT2D eigenvalue weighted by Crippen LogP contribution is 2.17. The smallest absolute Gasteiger partial charge is 0.253 e. The van der Waals surface area contributed by atoms with E-state index in [1.165, 1.54) is 12.3 Å². The van der Waals surface area contributed by atoms with Crippen LogP contribution in [0.3, 0.4) is 0 Å². The largest absolute Gasteiger partial charge is 0.384 e. The van der Waals surface area contributed by atoms with Gasteiger partial charge in [0.25, 0.3) is 5.91 Å². The Labute approximate surface area is 113 Å². The van der Waals surface area contributed by atoms with E-state index in [0.717, 1.165) is 0 Å². The zero-order chi connectivity index (χ0) is 14.0. The van der Waals surface area contributed by atoms with Gasteiger partial charge >= 0.3 is 0 Å². The second kappa shape index (κ2) is 5.23. The number of aromatic nitrogens is 1. The lowest BCUT2D eigenvalue weighted by Crippen LogP contribution is -2.52. The van der Waals surface area contributed by atoms with E-state index in [1.807, 2.05) is 0 Å². The molecule has 1 aliphatic rings. The highest BCUT2D eigenvalue weighted by molar-refractivity contribution is 6.33. The van der Waals surface area contributed by atoms with Gasteiger partial charge in [0.05, 0.1) is 10.6 Å². The van der Waals surface area contributed by atoms with E-state index >= 15 is 0 Å². The number of nitrogens with two attached hydrogens (primary N) is 1. The number of hydrogen-bond donors (Lipinski definition) is 3. The molecule has 0 aromatic carbocycles. The predicted molar refractivity (Wildman–Crippen MR) is 67.3 cm³/mol.